The van der Waals surface area contributed by atoms with Gasteiger partial charge in [0.1, 0.15) is 0 Å². The molecule has 258 valence electrons. The predicted molar refractivity (Wildman–Crippen MR) is 236 cm³/mol. The molecule has 1 aliphatic rings. The molecule has 0 aliphatic heterocycles. The summed E-state index contributed by atoms with van der Waals surface area (Å²) in [6, 6.07) is 71.9. The van der Waals surface area contributed by atoms with Crippen molar-refractivity contribution in [2.24, 2.45) is 0 Å². The van der Waals surface area contributed by atoms with Crippen molar-refractivity contribution in [2.75, 3.05) is 0 Å². The second kappa shape index (κ2) is 12.1. The molecule has 0 heterocycles. The average molecular weight is 699 g/mol. The van der Waals surface area contributed by atoms with Gasteiger partial charge in [-0.1, -0.05) is 202 Å². The zero-order chi connectivity index (χ0) is 36.7. The minimum absolute atomic E-state index is 0.105. The molecular weight excluding hydrogens is 661 g/mol. The van der Waals surface area contributed by atoms with Crippen LogP contribution < -0.4 is 0 Å². The van der Waals surface area contributed by atoms with E-state index in [0.29, 0.717) is 0 Å². The van der Waals surface area contributed by atoms with Gasteiger partial charge in [-0.3, -0.25) is 0 Å². The molecule has 0 atom stereocenters. The summed E-state index contributed by atoms with van der Waals surface area (Å²) in [6.45, 7) is 4.79. The Hall–Kier alpha value is -6.76. The van der Waals surface area contributed by atoms with E-state index in [-0.39, 0.29) is 5.41 Å². The Balaban J connectivity index is 1.07. The van der Waals surface area contributed by atoms with Crippen molar-refractivity contribution in [2.45, 2.75) is 19.3 Å². The molecule has 0 radical (unpaired) electrons. The fourth-order valence-electron chi connectivity index (χ4n) is 9.81. The highest BCUT2D eigenvalue weighted by molar-refractivity contribution is 6.23. The van der Waals surface area contributed by atoms with Gasteiger partial charge >= 0.3 is 0 Å². The summed E-state index contributed by atoms with van der Waals surface area (Å²) in [6.07, 6.45) is 0. The molecule has 0 amide bonds. The van der Waals surface area contributed by atoms with E-state index in [9.17, 15) is 0 Å². The molecule has 1 aliphatic carbocycles. The van der Waals surface area contributed by atoms with E-state index >= 15 is 0 Å². The van der Waals surface area contributed by atoms with E-state index in [1.807, 2.05) is 0 Å². The maximum absolute atomic E-state index is 2.45. The SMILES string of the molecule is CC1(C)c2ccc(-c3ccc(-c4c5ccccc5c(-c5ccccc5-c5ccccc5)c5ccccc45)cc3)cc2-c2c1c1ccccc1c1ccccc21. The lowest BCUT2D eigenvalue weighted by atomic mass is 9.79. The fraction of sp³-hybridized carbons (Fsp3) is 0.0545. The number of rotatable bonds is 4. The van der Waals surface area contributed by atoms with Crippen LogP contribution in [0.4, 0.5) is 0 Å². The molecule has 10 aromatic carbocycles. The third-order valence-corrected chi connectivity index (χ3v) is 12.2. The third-order valence-electron chi connectivity index (χ3n) is 12.2. The highest BCUT2D eigenvalue weighted by atomic mass is 14.4. The van der Waals surface area contributed by atoms with Crippen LogP contribution in [-0.2, 0) is 5.41 Å². The Morgan fingerprint density at radius 3 is 1.33 bits per heavy atom. The van der Waals surface area contributed by atoms with Crippen molar-refractivity contribution >= 4 is 43.1 Å². The molecule has 0 bridgehead atoms. The van der Waals surface area contributed by atoms with Gasteiger partial charge in [-0.25, -0.2) is 0 Å². The quantitative estimate of drug-likeness (QED) is 0.127. The monoisotopic (exact) mass is 698 g/mol. The van der Waals surface area contributed by atoms with E-state index in [4.69, 9.17) is 0 Å². The molecule has 11 rings (SSSR count). The molecule has 0 saturated heterocycles. The minimum Gasteiger partial charge on any atom is -0.0622 e. The molecule has 0 nitrogen and oxygen atoms in total. The number of fused-ring (bicyclic) bond motifs is 10. The second-order valence-corrected chi connectivity index (χ2v) is 15.6. The molecule has 0 unspecified atom stereocenters. The zero-order valence-electron chi connectivity index (χ0n) is 31.0. The maximum Gasteiger partial charge on any atom is 0.0165 e. The van der Waals surface area contributed by atoms with Gasteiger partial charge in [0.05, 0.1) is 0 Å². The summed E-state index contributed by atoms with van der Waals surface area (Å²) in [5.74, 6) is 0. The molecule has 0 aromatic heterocycles. The first-order chi connectivity index (χ1) is 27.1. The van der Waals surface area contributed by atoms with Gasteiger partial charge in [0.25, 0.3) is 0 Å². The maximum atomic E-state index is 2.45. The van der Waals surface area contributed by atoms with Crippen molar-refractivity contribution < 1.29 is 0 Å². The van der Waals surface area contributed by atoms with Gasteiger partial charge in [0.2, 0.25) is 0 Å². The van der Waals surface area contributed by atoms with Crippen molar-refractivity contribution in [1.82, 2.24) is 0 Å². The Morgan fingerprint density at radius 2 is 0.709 bits per heavy atom. The molecule has 0 fully saturated rings. The number of hydrogen-bond donors (Lipinski definition) is 0. The lowest BCUT2D eigenvalue weighted by molar-refractivity contribution is 0.666. The van der Waals surface area contributed by atoms with Crippen LogP contribution in [-0.4, -0.2) is 0 Å². The van der Waals surface area contributed by atoms with Crippen molar-refractivity contribution in [1.29, 1.82) is 0 Å². The molecule has 10 aromatic rings. The first kappa shape index (κ1) is 31.7. The second-order valence-electron chi connectivity index (χ2n) is 15.6. The van der Waals surface area contributed by atoms with Crippen molar-refractivity contribution in [3.8, 4) is 55.6 Å². The molecule has 0 saturated carbocycles. The fourth-order valence-corrected chi connectivity index (χ4v) is 9.81. The molecule has 0 N–H and O–H groups in total. The summed E-state index contributed by atoms with van der Waals surface area (Å²) in [4.78, 5) is 0. The molecular formula is C55H38. The summed E-state index contributed by atoms with van der Waals surface area (Å²) in [5, 5.41) is 10.4. The highest BCUT2D eigenvalue weighted by Gasteiger charge is 2.38. The van der Waals surface area contributed by atoms with E-state index in [1.54, 1.807) is 0 Å². The Morgan fingerprint density at radius 1 is 0.273 bits per heavy atom. The minimum atomic E-state index is -0.105. The largest absolute Gasteiger partial charge is 0.0622 e. The number of hydrogen-bond acceptors (Lipinski definition) is 0. The van der Waals surface area contributed by atoms with Gasteiger partial charge in [-0.2, -0.15) is 0 Å². The number of benzene rings is 10. The van der Waals surface area contributed by atoms with Crippen LogP contribution >= 0.6 is 0 Å². The normalized spacial score (nSPS) is 13.1. The van der Waals surface area contributed by atoms with E-state index in [2.05, 4.69) is 208 Å². The molecule has 55 heavy (non-hydrogen) atoms. The zero-order valence-corrected chi connectivity index (χ0v) is 31.0. The van der Waals surface area contributed by atoms with Gasteiger partial charge in [-0.15, -0.1) is 0 Å². The van der Waals surface area contributed by atoms with Crippen LogP contribution in [0.2, 0.25) is 0 Å². The van der Waals surface area contributed by atoms with E-state index in [1.165, 1.54) is 110 Å². The van der Waals surface area contributed by atoms with Crippen LogP contribution in [0.1, 0.15) is 25.0 Å². The third kappa shape index (κ3) is 4.71. The van der Waals surface area contributed by atoms with E-state index in [0.717, 1.165) is 0 Å². The standard InChI is InChI=1S/C55H38/c1-55(2)50-33-32-38(34-49(50)53-43-22-10-7-19-40(43)41-20-8-15-27-48(41)54(53)55)35-28-30-37(31-29-35)51-44-23-11-13-25-46(44)52(47-26-14-12-24-45(47)51)42-21-9-6-18-39(42)36-16-4-3-5-17-36/h3-34H,1-2H3. The average Bonchev–Trinajstić information content (AvgIpc) is 3.49. The van der Waals surface area contributed by atoms with Crippen LogP contribution in [0.3, 0.4) is 0 Å². The summed E-state index contributed by atoms with van der Waals surface area (Å²) in [7, 11) is 0. The Bertz CT molecular complexity index is 3090. The summed E-state index contributed by atoms with van der Waals surface area (Å²) in [5.41, 5.74) is 15.5. The van der Waals surface area contributed by atoms with Crippen LogP contribution in [0.15, 0.2) is 194 Å². The lowest BCUT2D eigenvalue weighted by Gasteiger charge is -2.24. The summed E-state index contributed by atoms with van der Waals surface area (Å²) >= 11 is 0. The van der Waals surface area contributed by atoms with E-state index < -0.39 is 0 Å². The van der Waals surface area contributed by atoms with Gasteiger partial charge in [-0.05, 0) is 116 Å². The van der Waals surface area contributed by atoms with Crippen LogP contribution in [0.5, 0.6) is 0 Å². The molecule has 0 heteroatoms. The first-order valence-electron chi connectivity index (χ1n) is 19.4. The predicted octanol–water partition coefficient (Wildman–Crippen LogP) is 15.3. The first-order valence-corrected chi connectivity index (χ1v) is 19.4. The van der Waals surface area contributed by atoms with Gasteiger partial charge in [0, 0.05) is 5.41 Å². The molecule has 0 spiro atoms. The smallest absolute Gasteiger partial charge is 0.0165 e. The van der Waals surface area contributed by atoms with Crippen molar-refractivity contribution in [3.63, 3.8) is 0 Å². The van der Waals surface area contributed by atoms with Crippen molar-refractivity contribution in [3.05, 3.63) is 205 Å². The summed E-state index contributed by atoms with van der Waals surface area (Å²) < 4.78 is 0. The topological polar surface area (TPSA) is 0 Å². The lowest BCUT2D eigenvalue weighted by Crippen LogP contribution is -2.15. The van der Waals surface area contributed by atoms with Gasteiger partial charge < -0.3 is 0 Å². The van der Waals surface area contributed by atoms with Crippen LogP contribution in [0.25, 0.3) is 98.7 Å². The Labute approximate surface area is 322 Å². The van der Waals surface area contributed by atoms with Crippen LogP contribution in [0, 0.1) is 0 Å². The van der Waals surface area contributed by atoms with Gasteiger partial charge in [0.15, 0.2) is 0 Å². The highest BCUT2D eigenvalue weighted by Crippen LogP contribution is 2.55. The Kier molecular flexibility index (Phi) is 7.00.